The van der Waals surface area contributed by atoms with Crippen LogP contribution < -0.4 is 5.32 Å². The fraction of sp³-hybridized carbons (Fsp3) is 0.412. The number of carbonyl (C=O) groups is 1. The molecule has 1 aromatic carbocycles. The van der Waals surface area contributed by atoms with Crippen molar-refractivity contribution in [2.75, 3.05) is 5.32 Å². The number of fused-ring (bicyclic) bond motifs is 1. The Bertz CT molecular complexity index is 622. The molecule has 0 aromatic heterocycles. The Morgan fingerprint density at radius 2 is 2.10 bits per heavy atom. The highest BCUT2D eigenvalue weighted by atomic mass is 16.6. The molecule has 1 aliphatic rings. The Hall–Kier alpha value is -2.28. The summed E-state index contributed by atoms with van der Waals surface area (Å²) in [6, 6.07) is 7.96. The molecule has 1 amide bonds. The van der Waals surface area contributed by atoms with Crippen LogP contribution in [0, 0.1) is 11.3 Å². The molecule has 0 aliphatic carbocycles. The van der Waals surface area contributed by atoms with Gasteiger partial charge in [0.2, 0.25) is 0 Å². The summed E-state index contributed by atoms with van der Waals surface area (Å²) in [6.07, 6.45) is 3.39. The summed E-state index contributed by atoms with van der Waals surface area (Å²) in [7, 11) is 0. The zero-order chi connectivity index (χ0) is 15.5. The van der Waals surface area contributed by atoms with E-state index < -0.39 is 11.7 Å². The minimum atomic E-state index is -0.584. The smallest absolute Gasteiger partial charge is 0.412 e. The van der Waals surface area contributed by atoms with Crippen LogP contribution >= 0.6 is 0 Å². The molecule has 0 saturated carbocycles. The van der Waals surface area contributed by atoms with Crippen molar-refractivity contribution in [3.8, 4) is 6.07 Å². The van der Waals surface area contributed by atoms with Gasteiger partial charge in [0, 0.05) is 11.6 Å². The maximum atomic E-state index is 11.7. The van der Waals surface area contributed by atoms with Crippen LogP contribution in [0.3, 0.4) is 0 Å². The number of anilines is 1. The topological polar surface area (TPSA) is 62.1 Å². The number of benzene rings is 1. The standard InChI is InChI=1S/C17H20N2O2/c1-4-12(9-10-18)13-7-8-15-14(11-13)17(5-2,6-3)21-16(20)19-15/h7-9,11H,4-6H2,1-3H3,(H,19,20)/b12-9+. The highest BCUT2D eigenvalue weighted by Crippen LogP contribution is 2.42. The van der Waals surface area contributed by atoms with Gasteiger partial charge in [-0.3, -0.25) is 5.32 Å². The molecule has 4 nitrogen and oxygen atoms in total. The van der Waals surface area contributed by atoms with E-state index in [1.807, 2.05) is 39.0 Å². The Kier molecular flexibility index (Phi) is 4.32. The molecule has 4 heteroatoms. The number of cyclic esters (lactones) is 1. The van der Waals surface area contributed by atoms with Gasteiger partial charge in [-0.25, -0.2) is 4.79 Å². The van der Waals surface area contributed by atoms with Crippen molar-refractivity contribution in [1.82, 2.24) is 0 Å². The van der Waals surface area contributed by atoms with Crippen LogP contribution in [0.4, 0.5) is 10.5 Å². The summed E-state index contributed by atoms with van der Waals surface area (Å²) in [5.41, 5.74) is 3.19. The van der Waals surface area contributed by atoms with Gasteiger partial charge >= 0.3 is 6.09 Å². The number of rotatable bonds is 4. The lowest BCUT2D eigenvalue weighted by Gasteiger charge is -2.37. The van der Waals surface area contributed by atoms with Crippen molar-refractivity contribution in [3.05, 3.63) is 35.4 Å². The molecule has 0 fully saturated rings. The summed E-state index contributed by atoms with van der Waals surface area (Å²) in [4.78, 5) is 11.7. The Labute approximate surface area is 125 Å². The molecule has 110 valence electrons. The van der Waals surface area contributed by atoms with Gasteiger partial charge in [0.1, 0.15) is 5.60 Å². The first kappa shape index (κ1) is 15.1. The fourth-order valence-electron chi connectivity index (χ4n) is 2.84. The summed E-state index contributed by atoms with van der Waals surface area (Å²) in [5, 5.41) is 11.6. The maximum absolute atomic E-state index is 11.7. The minimum Gasteiger partial charge on any atom is -0.438 e. The lowest BCUT2D eigenvalue weighted by Crippen LogP contribution is -2.38. The summed E-state index contributed by atoms with van der Waals surface area (Å²) in [6.45, 7) is 6.06. The van der Waals surface area contributed by atoms with E-state index in [4.69, 9.17) is 10.00 Å². The molecule has 1 heterocycles. The Balaban J connectivity index is 2.59. The average molecular weight is 284 g/mol. The van der Waals surface area contributed by atoms with E-state index in [-0.39, 0.29) is 0 Å². The van der Waals surface area contributed by atoms with E-state index in [0.717, 1.165) is 41.6 Å². The second kappa shape index (κ2) is 6.01. The van der Waals surface area contributed by atoms with Gasteiger partial charge in [0.05, 0.1) is 11.8 Å². The average Bonchev–Trinajstić information content (AvgIpc) is 2.51. The highest BCUT2D eigenvalue weighted by molar-refractivity contribution is 5.89. The van der Waals surface area contributed by atoms with E-state index in [0.29, 0.717) is 0 Å². The molecular weight excluding hydrogens is 264 g/mol. The molecule has 1 aromatic rings. The lowest BCUT2D eigenvalue weighted by molar-refractivity contribution is 0.00471. The normalized spacial score (nSPS) is 16.5. The molecule has 0 saturated heterocycles. The summed E-state index contributed by atoms with van der Waals surface area (Å²) in [5.74, 6) is 0. The van der Waals surface area contributed by atoms with E-state index in [1.165, 1.54) is 0 Å². The molecule has 1 aliphatic heterocycles. The Morgan fingerprint density at radius 1 is 1.38 bits per heavy atom. The van der Waals surface area contributed by atoms with Crippen LogP contribution in [0.5, 0.6) is 0 Å². The van der Waals surface area contributed by atoms with Gasteiger partial charge in [-0.15, -0.1) is 0 Å². The number of nitrogens with zero attached hydrogens (tertiary/aromatic N) is 1. The molecule has 0 spiro atoms. The molecule has 0 unspecified atom stereocenters. The van der Waals surface area contributed by atoms with Crippen LogP contribution in [0.1, 0.15) is 51.2 Å². The zero-order valence-electron chi connectivity index (χ0n) is 12.7. The van der Waals surface area contributed by atoms with Crippen molar-refractivity contribution >= 4 is 17.4 Å². The molecular formula is C17H20N2O2. The number of carbonyl (C=O) groups excluding carboxylic acids is 1. The molecule has 0 bridgehead atoms. The molecule has 1 N–H and O–H groups in total. The van der Waals surface area contributed by atoms with Gasteiger partial charge in [0.25, 0.3) is 0 Å². The number of hydrogen-bond acceptors (Lipinski definition) is 3. The van der Waals surface area contributed by atoms with Crippen LogP contribution in [0.25, 0.3) is 5.57 Å². The van der Waals surface area contributed by atoms with E-state index in [2.05, 4.69) is 11.4 Å². The van der Waals surface area contributed by atoms with E-state index in [9.17, 15) is 4.79 Å². The van der Waals surface area contributed by atoms with Crippen LogP contribution in [0.15, 0.2) is 24.3 Å². The first-order valence-corrected chi connectivity index (χ1v) is 7.33. The Morgan fingerprint density at radius 3 is 2.67 bits per heavy atom. The van der Waals surface area contributed by atoms with Crippen LogP contribution in [-0.4, -0.2) is 6.09 Å². The number of amides is 1. The van der Waals surface area contributed by atoms with Crippen molar-refractivity contribution in [1.29, 1.82) is 5.26 Å². The number of nitrogens with one attached hydrogen (secondary N) is 1. The number of nitriles is 1. The SMILES string of the molecule is CC/C(=C\C#N)c1ccc2c(c1)C(CC)(CC)OC(=O)N2. The van der Waals surface area contributed by atoms with Gasteiger partial charge in [-0.2, -0.15) is 5.26 Å². The van der Waals surface area contributed by atoms with Crippen molar-refractivity contribution in [2.45, 2.75) is 45.6 Å². The third kappa shape index (κ3) is 2.64. The molecule has 0 radical (unpaired) electrons. The zero-order valence-corrected chi connectivity index (χ0v) is 12.7. The fourth-order valence-corrected chi connectivity index (χ4v) is 2.84. The second-order valence-corrected chi connectivity index (χ2v) is 5.13. The largest absolute Gasteiger partial charge is 0.438 e. The van der Waals surface area contributed by atoms with E-state index in [1.54, 1.807) is 6.08 Å². The monoisotopic (exact) mass is 284 g/mol. The predicted octanol–water partition coefficient (Wildman–Crippen LogP) is 4.58. The van der Waals surface area contributed by atoms with Gasteiger partial charge in [-0.1, -0.05) is 26.8 Å². The molecule has 21 heavy (non-hydrogen) atoms. The lowest BCUT2D eigenvalue weighted by atomic mass is 9.84. The van der Waals surface area contributed by atoms with Crippen molar-refractivity contribution < 1.29 is 9.53 Å². The summed E-state index contributed by atoms with van der Waals surface area (Å²) < 4.78 is 5.59. The van der Waals surface area contributed by atoms with Gasteiger partial charge < -0.3 is 4.74 Å². The van der Waals surface area contributed by atoms with Crippen LogP contribution in [0.2, 0.25) is 0 Å². The third-order valence-corrected chi connectivity index (χ3v) is 4.17. The quantitative estimate of drug-likeness (QED) is 0.823. The minimum absolute atomic E-state index is 0.401. The number of ether oxygens (including phenoxy) is 1. The first-order valence-electron chi connectivity index (χ1n) is 7.33. The van der Waals surface area contributed by atoms with Crippen molar-refractivity contribution in [2.24, 2.45) is 0 Å². The second-order valence-electron chi connectivity index (χ2n) is 5.13. The predicted molar refractivity (Wildman–Crippen MR) is 82.7 cm³/mol. The number of allylic oxidation sites excluding steroid dienone is 2. The van der Waals surface area contributed by atoms with Crippen molar-refractivity contribution in [3.63, 3.8) is 0 Å². The van der Waals surface area contributed by atoms with Crippen LogP contribution in [-0.2, 0) is 10.3 Å². The van der Waals surface area contributed by atoms with Gasteiger partial charge in [-0.05, 0) is 42.5 Å². The first-order chi connectivity index (χ1) is 10.1. The van der Waals surface area contributed by atoms with Gasteiger partial charge in [0.15, 0.2) is 0 Å². The third-order valence-electron chi connectivity index (χ3n) is 4.17. The van der Waals surface area contributed by atoms with E-state index >= 15 is 0 Å². The highest BCUT2D eigenvalue weighted by Gasteiger charge is 2.39. The molecule has 0 atom stereocenters. The summed E-state index contributed by atoms with van der Waals surface area (Å²) >= 11 is 0. The number of hydrogen-bond donors (Lipinski definition) is 1. The molecule has 2 rings (SSSR count). The maximum Gasteiger partial charge on any atom is 0.412 e.